The van der Waals surface area contributed by atoms with Crippen molar-refractivity contribution in [1.82, 2.24) is 5.32 Å². The van der Waals surface area contributed by atoms with Crippen molar-refractivity contribution in [1.29, 1.82) is 0 Å². The first kappa shape index (κ1) is 24.2. The molecule has 1 N–H and O–H groups in total. The largest absolute Gasteiger partial charge is 0.496 e. The molecule has 1 fully saturated rings. The summed E-state index contributed by atoms with van der Waals surface area (Å²) in [4.78, 5) is 39.3. The number of hydrogen-bond donors (Lipinski definition) is 1. The fourth-order valence-electron chi connectivity index (χ4n) is 4.27. The number of benzene rings is 3. The number of carbonyl (C=O) groups is 3. The molecule has 0 spiro atoms. The van der Waals surface area contributed by atoms with E-state index in [9.17, 15) is 14.4 Å². The van der Waals surface area contributed by atoms with E-state index in [1.165, 1.54) is 22.8 Å². The van der Waals surface area contributed by atoms with Crippen LogP contribution < -0.4 is 15.0 Å². The molecule has 7 heteroatoms. The first-order chi connectivity index (χ1) is 16.7. The van der Waals surface area contributed by atoms with Crippen LogP contribution in [-0.2, 0) is 16.0 Å². The number of ether oxygens (including phenoxy) is 1. The number of rotatable bonds is 5. The number of anilines is 1. The Balaban J connectivity index is 1.68. The fraction of sp³-hybridized carbons (Fsp3) is 0.179. The molecule has 178 valence electrons. The summed E-state index contributed by atoms with van der Waals surface area (Å²) in [5.74, 6) is -0.836. The molecule has 0 unspecified atom stereocenters. The highest BCUT2D eigenvalue weighted by molar-refractivity contribution is 6.39. The molecule has 0 atom stereocenters. The molecule has 0 radical (unpaired) electrons. The molecular formula is C28H25ClN2O4. The maximum atomic E-state index is 13.2. The standard InChI is InChI=1S/C28H25ClN2O4/c1-16-10-17(2)12-20(11-16)13-21-9-8-19(15-25(21)35-4)14-22-26(32)30-28(34)31(27(22)33)24-7-5-6-23(29)18(24)3/h5-12,14-15H,13H2,1-4H3,(H,30,32,34)/b22-14+. The number of urea groups is 1. The zero-order chi connectivity index (χ0) is 25.3. The average molecular weight is 489 g/mol. The Morgan fingerprint density at radius 2 is 1.69 bits per heavy atom. The van der Waals surface area contributed by atoms with Gasteiger partial charge in [-0.15, -0.1) is 0 Å². The van der Waals surface area contributed by atoms with E-state index in [2.05, 4.69) is 37.4 Å². The number of halogens is 1. The second-order valence-corrected chi connectivity index (χ2v) is 8.99. The van der Waals surface area contributed by atoms with Crippen LogP contribution >= 0.6 is 11.6 Å². The molecule has 4 amide bonds. The number of aryl methyl sites for hydroxylation is 2. The number of nitrogens with zero attached hydrogens (tertiary/aromatic N) is 1. The molecule has 0 saturated carbocycles. The third-order valence-electron chi connectivity index (χ3n) is 5.88. The van der Waals surface area contributed by atoms with Crippen LogP contribution in [0.5, 0.6) is 5.75 Å². The van der Waals surface area contributed by atoms with Crippen LogP contribution in [-0.4, -0.2) is 25.0 Å². The Morgan fingerprint density at radius 3 is 2.37 bits per heavy atom. The van der Waals surface area contributed by atoms with Gasteiger partial charge in [-0.2, -0.15) is 0 Å². The molecule has 1 heterocycles. The molecule has 1 saturated heterocycles. The van der Waals surface area contributed by atoms with E-state index in [-0.39, 0.29) is 5.57 Å². The van der Waals surface area contributed by atoms with Crippen LogP contribution in [0.25, 0.3) is 6.08 Å². The highest BCUT2D eigenvalue weighted by Gasteiger charge is 2.37. The van der Waals surface area contributed by atoms with Gasteiger partial charge in [0.2, 0.25) is 0 Å². The quantitative estimate of drug-likeness (QED) is 0.378. The summed E-state index contributed by atoms with van der Waals surface area (Å²) in [7, 11) is 1.58. The van der Waals surface area contributed by atoms with Crippen molar-refractivity contribution in [2.45, 2.75) is 27.2 Å². The predicted octanol–water partition coefficient (Wildman–Crippen LogP) is 5.53. The Bertz CT molecular complexity index is 1370. The third kappa shape index (κ3) is 4.98. The van der Waals surface area contributed by atoms with Crippen LogP contribution in [0.2, 0.25) is 5.02 Å². The topological polar surface area (TPSA) is 75.7 Å². The number of imide groups is 2. The number of nitrogens with one attached hydrogen (secondary N) is 1. The second kappa shape index (κ2) is 9.76. The summed E-state index contributed by atoms with van der Waals surface area (Å²) >= 11 is 6.18. The van der Waals surface area contributed by atoms with E-state index >= 15 is 0 Å². The van der Waals surface area contributed by atoms with Gasteiger partial charge < -0.3 is 4.74 Å². The Hall–Kier alpha value is -3.90. The summed E-state index contributed by atoms with van der Waals surface area (Å²) in [5.41, 5.74) is 5.84. The Kier molecular flexibility index (Phi) is 6.76. The maximum Gasteiger partial charge on any atom is 0.335 e. The predicted molar refractivity (Wildman–Crippen MR) is 137 cm³/mol. The molecule has 0 aromatic heterocycles. The van der Waals surface area contributed by atoms with Gasteiger partial charge in [-0.1, -0.05) is 59.1 Å². The van der Waals surface area contributed by atoms with Crippen molar-refractivity contribution in [3.05, 3.63) is 98.6 Å². The molecule has 35 heavy (non-hydrogen) atoms. The van der Waals surface area contributed by atoms with Crippen molar-refractivity contribution in [2.75, 3.05) is 12.0 Å². The van der Waals surface area contributed by atoms with Gasteiger partial charge in [0.15, 0.2) is 0 Å². The van der Waals surface area contributed by atoms with Crippen LogP contribution in [0.1, 0.15) is 33.4 Å². The molecule has 3 aromatic rings. The van der Waals surface area contributed by atoms with Crippen LogP contribution in [0.4, 0.5) is 10.5 Å². The average Bonchev–Trinajstić information content (AvgIpc) is 2.79. The highest BCUT2D eigenvalue weighted by atomic mass is 35.5. The lowest BCUT2D eigenvalue weighted by Gasteiger charge is -2.27. The lowest BCUT2D eigenvalue weighted by atomic mass is 9.98. The smallest absolute Gasteiger partial charge is 0.335 e. The number of carbonyl (C=O) groups excluding carboxylic acids is 3. The van der Waals surface area contributed by atoms with Gasteiger partial charge in [0.25, 0.3) is 11.8 Å². The molecule has 0 bridgehead atoms. The minimum atomic E-state index is -0.816. The van der Waals surface area contributed by atoms with Gasteiger partial charge in [0.1, 0.15) is 11.3 Å². The summed E-state index contributed by atoms with van der Waals surface area (Å²) in [6, 6.07) is 16.0. The molecule has 1 aliphatic heterocycles. The minimum Gasteiger partial charge on any atom is -0.496 e. The van der Waals surface area contributed by atoms with E-state index in [0.29, 0.717) is 34.0 Å². The van der Waals surface area contributed by atoms with E-state index in [0.717, 1.165) is 10.5 Å². The molecular weight excluding hydrogens is 464 g/mol. The Labute approximate surface area is 209 Å². The minimum absolute atomic E-state index is 0.159. The fourth-order valence-corrected chi connectivity index (χ4v) is 4.44. The van der Waals surface area contributed by atoms with Gasteiger partial charge in [-0.3, -0.25) is 14.9 Å². The normalized spacial score (nSPS) is 14.9. The summed E-state index contributed by atoms with van der Waals surface area (Å²) in [6.45, 7) is 5.83. The van der Waals surface area contributed by atoms with Crippen LogP contribution in [0.15, 0.2) is 60.2 Å². The van der Waals surface area contributed by atoms with Crippen molar-refractivity contribution in [3.8, 4) is 5.75 Å². The summed E-state index contributed by atoms with van der Waals surface area (Å²) in [6.07, 6.45) is 2.14. The SMILES string of the molecule is COc1cc(/C=C2\C(=O)NC(=O)N(c3cccc(Cl)c3C)C2=O)ccc1Cc1cc(C)cc(C)c1. The van der Waals surface area contributed by atoms with Crippen molar-refractivity contribution >= 4 is 41.2 Å². The third-order valence-corrected chi connectivity index (χ3v) is 6.29. The Morgan fingerprint density at radius 1 is 0.971 bits per heavy atom. The molecule has 0 aliphatic carbocycles. The first-order valence-electron chi connectivity index (χ1n) is 11.1. The number of hydrogen-bond acceptors (Lipinski definition) is 4. The van der Waals surface area contributed by atoms with E-state index in [1.54, 1.807) is 38.3 Å². The van der Waals surface area contributed by atoms with Crippen molar-refractivity contribution in [2.24, 2.45) is 0 Å². The van der Waals surface area contributed by atoms with E-state index in [4.69, 9.17) is 16.3 Å². The van der Waals surface area contributed by atoms with Gasteiger partial charge in [-0.25, -0.2) is 9.69 Å². The van der Waals surface area contributed by atoms with Crippen LogP contribution in [0, 0.1) is 20.8 Å². The zero-order valence-corrected chi connectivity index (χ0v) is 20.7. The lowest BCUT2D eigenvalue weighted by molar-refractivity contribution is -0.122. The van der Waals surface area contributed by atoms with Gasteiger partial charge in [-0.05, 0) is 67.3 Å². The summed E-state index contributed by atoms with van der Waals surface area (Å²) < 4.78 is 5.60. The lowest BCUT2D eigenvalue weighted by Crippen LogP contribution is -2.54. The number of barbiturate groups is 1. The van der Waals surface area contributed by atoms with Gasteiger partial charge in [0, 0.05) is 11.4 Å². The van der Waals surface area contributed by atoms with Gasteiger partial charge in [0.05, 0.1) is 12.8 Å². The van der Waals surface area contributed by atoms with Gasteiger partial charge >= 0.3 is 6.03 Å². The van der Waals surface area contributed by atoms with E-state index < -0.39 is 17.8 Å². The summed E-state index contributed by atoms with van der Waals surface area (Å²) in [5, 5.41) is 2.65. The first-order valence-corrected chi connectivity index (χ1v) is 11.5. The monoisotopic (exact) mass is 488 g/mol. The van der Waals surface area contributed by atoms with Crippen molar-refractivity contribution in [3.63, 3.8) is 0 Å². The van der Waals surface area contributed by atoms with Crippen LogP contribution in [0.3, 0.4) is 0 Å². The maximum absolute atomic E-state index is 13.2. The number of methoxy groups -OCH3 is 1. The molecule has 1 aliphatic rings. The van der Waals surface area contributed by atoms with E-state index in [1.807, 2.05) is 12.1 Å². The second-order valence-electron chi connectivity index (χ2n) is 8.59. The highest BCUT2D eigenvalue weighted by Crippen LogP contribution is 2.30. The number of amides is 4. The van der Waals surface area contributed by atoms with Crippen molar-refractivity contribution < 1.29 is 19.1 Å². The molecule has 6 nitrogen and oxygen atoms in total. The molecule has 4 rings (SSSR count). The molecule has 3 aromatic carbocycles. The zero-order valence-electron chi connectivity index (χ0n) is 19.9.